The number of aromatic hydroxyl groups is 1. The maximum atomic E-state index is 13.3. The van der Waals surface area contributed by atoms with Crippen molar-refractivity contribution < 1.29 is 9.50 Å². The number of phenolic OH excluding ortho intramolecular Hbond substituents is 1. The van der Waals surface area contributed by atoms with Crippen LogP contribution in [-0.4, -0.2) is 15.1 Å². The van der Waals surface area contributed by atoms with Gasteiger partial charge in [-0.3, -0.25) is 0 Å². The molecule has 0 radical (unpaired) electrons. The number of rotatable bonds is 6. The Balaban J connectivity index is 1.66. The van der Waals surface area contributed by atoms with Crippen LogP contribution in [0, 0.1) is 5.82 Å². The van der Waals surface area contributed by atoms with Gasteiger partial charge in [0, 0.05) is 18.0 Å². The standard InChI is InChI=1S/C24H21FN2O/c25-22-8-4-17(5-9-22)14-21(15-18-6-10-23(28)11-7-18)19-2-1-3-20(16-19)24-26-12-13-27-24/h1-13,16,21,28H,14-15H2,(H,26,27). The number of hydrogen-bond donors (Lipinski definition) is 2. The van der Waals surface area contributed by atoms with E-state index in [2.05, 4.69) is 22.1 Å². The molecule has 2 N–H and O–H groups in total. The lowest BCUT2D eigenvalue weighted by Gasteiger charge is -2.19. The maximum Gasteiger partial charge on any atom is 0.137 e. The van der Waals surface area contributed by atoms with E-state index in [4.69, 9.17) is 0 Å². The molecule has 4 heteroatoms. The van der Waals surface area contributed by atoms with Crippen molar-refractivity contribution in [1.82, 2.24) is 9.97 Å². The number of aromatic nitrogens is 2. The molecule has 0 saturated heterocycles. The molecule has 1 aromatic heterocycles. The average molecular weight is 372 g/mol. The van der Waals surface area contributed by atoms with Crippen LogP contribution in [0.25, 0.3) is 11.4 Å². The van der Waals surface area contributed by atoms with Crippen molar-refractivity contribution in [2.24, 2.45) is 0 Å². The van der Waals surface area contributed by atoms with E-state index in [-0.39, 0.29) is 17.5 Å². The Hall–Kier alpha value is -3.40. The zero-order valence-corrected chi connectivity index (χ0v) is 15.3. The second kappa shape index (κ2) is 8.09. The fourth-order valence-corrected chi connectivity index (χ4v) is 3.49. The van der Waals surface area contributed by atoms with E-state index >= 15 is 0 Å². The van der Waals surface area contributed by atoms with Crippen LogP contribution in [-0.2, 0) is 12.8 Å². The zero-order chi connectivity index (χ0) is 19.3. The molecule has 0 amide bonds. The van der Waals surface area contributed by atoms with Crippen LogP contribution in [0.5, 0.6) is 5.75 Å². The molecule has 1 atom stereocenters. The molecule has 3 aromatic carbocycles. The minimum absolute atomic E-state index is 0.213. The minimum Gasteiger partial charge on any atom is -0.508 e. The molecule has 1 heterocycles. The summed E-state index contributed by atoms with van der Waals surface area (Å²) in [6.45, 7) is 0. The Kier molecular flexibility index (Phi) is 5.20. The van der Waals surface area contributed by atoms with Crippen LogP contribution >= 0.6 is 0 Å². The Morgan fingerprint density at radius 2 is 1.57 bits per heavy atom. The average Bonchev–Trinajstić information content (AvgIpc) is 3.26. The number of phenols is 1. The molecular weight excluding hydrogens is 351 g/mol. The summed E-state index contributed by atoms with van der Waals surface area (Å²) in [5.41, 5.74) is 4.48. The van der Waals surface area contributed by atoms with Crippen molar-refractivity contribution in [2.45, 2.75) is 18.8 Å². The lowest BCUT2D eigenvalue weighted by molar-refractivity contribution is 0.475. The molecule has 3 nitrogen and oxygen atoms in total. The Labute approximate surface area is 163 Å². The largest absolute Gasteiger partial charge is 0.508 e. The number of imidazole rings is 1. The number of aromatic amines is 1. The molecule has 0 fully saturated rings. The molecule has 1 unspecified atom stereocenters. The van der Waals surface area contributed by atoms with Gasteiger partial charge >= 0.3 is 0 Å². The third kappa shape index (κ3) is 4.29. The Morgan fingerprint density at radius 3 is 2.21 bits per heavy atom. The summed E-state index contributed by atoms with van der Waals surface area (Å²) < 4.78 is 13.3. The summed E-state index contributed by atoms with van der Waals surface area (Å²) in [5, 5.41) is 9.57. The van der Waals surface area contributed by atoms with E-state index in [1.165, 1.54) is 17.7 Å². The van der Waals surface area contributed by atoms with Crippen molar-refractivity contribution >= 4 is 0 Å². The number of nitrogens with zero attached hydrogens (tertiary/aromatic N) is 1. The molecule has 0 aliphatic rings. The first-order valence-electron chi connectivity index (χ1n) is 9.29. The predicted octanol–water partition coefficient (Wildman–Crippen LogP) is 5.49. The summed E-state index contributed by atoms with van der Waals surface area (Å²) >= 11 is 0. The van der Waals surface area contributed by atoms with Crippen LogP contribution in [0.3, 0.4) is 0 Å². The quantitative estimate of drug-likeness (QED) is 0.470. The first kappa shape index (κ1) is 18.0. The fourth-order valence-electron chi connectivity index (χ4n) is 3.49. The van der Waals surface area contributed by atoms with E-state index < -0.39 is 0 Å². The molecule has 140 valence electrons. The van der Waals surface area contributed by atoms with Gasteiger partial charge in [0.15, 0.2) is 0 Å². The van der Waals surface area contributed by atoms with Gasteiger partial charge in [0.1, 0.15) is 17.4 Å². The van der Waals surface area contributed by atoms with E-state index in [1.807, 2.05) is 42.6 Å². The maximum absolute atomic E-state index is 13.3. The molecule has 0 aliphatic carbocycles. The highest BCUT2D eigenvalue weighted by Crippen LogP contribution is 2.29. The van der Waals surface area contributed by atoms with Gasteiger partial charge in [0.2, 0.25) is 0 Å². The lowest BCUT2D eigenvalue weighted by Crippen LogP contribution is -2.07. The highest BCUT2D eigenvalue weighted by atomic mass is 19.1. The molecule has 0 spiro atoms. The van der Waals surface area contributed by atoms with Crippen LogP contribution in [0.4, 0.5) is 4.39 Å². The van der Waals surface area contributed by atoms with Gasteiger partial charge in [-0.2, -0.15) is 0 Å². The van der Waals surface area contributed by atoms with Crippen molar-refractivity contribution in [3.05, 3.63) is 108 Å². The van der Waals surface area contributed by atoms with E-state index in [0.29, 0.717) is 0 Å². The van der Waals surface area contributed by atoms with Crippen molar-refractivity contribution in [1.29, 1.82) is 0 Å². The molecule has 4 rings (SSSR count). The second-order valence-electron chi connectivity index (χ2n) is 6.96. The highest BCUT2D eigenvalue weighted by molar-refractivity contribution is 5.56. The number of H-pyrrole nitrogens is 1. The normalized spacial score (nSPS) is 12.0. The first-order chi connectivity index (χ1) is 13.7. The monoisotopic (exact) mass is 372 g/mol. The topological polar surface area (TPSA) is 48.9 Å². The fraction of sp³-hybridized carbons (Fsp3) is 0.125. The molecule has 28 heavy (non-hydrogen) atoms. The van der Waals surface area contributed by atoms with Crippen molar-refractivity contribution in [3.63, 3.8) is 0 Å². The van der Waals surface area contributed by atoms with Crippen LogP contribution < -0.4 is 0 Å². The number of halogens is 1. The molecule has 0 saturated carbocycles. The van der Waals surface area contributed by atoms with Crippen LogP contribution in [0.2, 0.25) is 0 Å². The Bertz CT molecular complexity index is 978. The molecular formula is C24H21FN2O. The van der Waals surface area contributed by atoms with Crippen molar-refractivity contribution in [2.75, 3.05) is 0 Å². The second-order valence-corrected chi connectivity index (χ2v) is 6.96. The molecule has 4 aromatic rings. The van der Waals surface area contributed by atoms with Crippen LogP contribution in [0.15, 0.2) is 85.2 Å². The van der Waals surface area contributed by atoms with E-state index in [1.54, 1.807) is 18.3 Å². The smallest absolute Gasteiger partial charge is 0.137 e. The number of nitrogens with one attached hydrogen (secondary N) is 1. The zero-order valence-electron chi connectivity index (χ0n) is 15.3. The summed E-state index contributed by atoms with van der Waals surface area (Å²) in [4.78, 5) is 7.50. The lowest BCUT2D eigenvalue weighted by atomic mass is 9.86. The van der Waals surface area contributed by atoms with Gasteiger partial charge in [-0.1, -0.05) is 42.5 Å². The summed E-state index contributed by atoms with van der Waals surface area (Å²) in [6.07, 6.45) is 5.17. The van der Waals surface area contributed by atoms with Crippen LogP contribution in [0.1, 0.15) is 22.6 Å². The van der Waals surface area contributed by atoms with E-state index in [9.17, 15) is 9.50 Å². The molecule has 0 aliphatic heterocycles. The minimum atomic E-state index is -0.223. The SMILES string of the molecule is Oc1ccc(CC(Cc2ccc(F)cc2)c2cccc(-c3ncc[nH]3)c2)cc1. The van der Waals surface area contributed by atoms with Gasteiger partial charge in [0.05, 0.1) is 0 Å². The third-order valence-electron chi connectivity index (χ3n) is 4.94. The van der Waals surface area contributed by atoms with Crippen molar-refractivity contribution in [3.8, 4) is 17.1 Å². The van der Waals surface area contributed by atoms with Gasteiger partial charge in [-0.05, 0) is 65.8 Å². The van der Waals surface area contributed by atoms with E-state index in [0.717, 1.165) is 35.4 Å². The Morgan fingerprint density at radius 1 is 0.893 bits per heavy atom. The third-order valence-corrected chi connectivity index (χ3v) is 4.94. The number of hydrogen-bond acceptors (Lipinski definition) is 2. The predicted molar refractivity (Wildman–Crippen MR) is 109 cm³/mol. The summed E-state index contributed by atoms with van der Waals surface area (Å²) in [6, 6.07) is 22.4. The van der Waals surface area contributed by atoms with Gasteiger partial charge in [0.25, 0.3) is 0 Å². The molecule has 0 bridgehead atoms. The van der Waals surface area contributed by atoms with Gasteiger partial charge < -0.3 is 10.1 Å². The van der Waals surface area contributed by atoms with Gasteiger partial charge in [-0.15, -0.1) is 0 Å². The summed E-state index contributed by atoms with van der Waals surface area (Å²) in [5.74, 6) is 1.09. The van der Waals surface area contributed by atoms with Gasteiger partial charge in [-0.25, -0.2) is 9.37 Å². The number of benzene rings is 3. The summed E-state index contributed by atoms with van der Waals surface area (Å²) in [7, 11) is 0. The highest BCUT2D eigenvalue weighted by Gasteiger charge is 2.15. The first-order valence-corrected chi connectivity index (χ1v) is 9.29.